The molecule has 0 amide bonds. The second-order valence-electron chi connectivity index (χ2n) is 2.05. The van der Waals surface area contributed by atoms with Gasteiger partial charge in [-0.1, -0.05) is 0 Å². The highest BCUT2D eigenvalue weighted by Gasteiger charge is 2.10. The van der Waals surface area contributed by atoms with Crippen molar-refractivity contribution in [3.05, 3.63) is 23.8 Å². The molecule has 12 heavy (non-hydrogen) atoms. The highest BCUT2D eigenvalue weighted by atomic mass is 32.2. The molecular formula is C6H5F2NO2S. The zero-order valence-corrected chi connectivity index (χ0v) is 6.57. The molecule has 3 N–H and O–H groups in total. The zero-order chi connectivity index (χ0) is 9.30. The molecule has 0 saturated carbocycles. The first kappa shape index (κ1) is 9.08. The van der Waals surface area contributed by atoms with E-state index in [4.69, 9.17) is 10.3 Å². The normalized spacial score (nSPS) is 12.9. The van der Waals surface area contributed by atoms with Gasteiger partial charge in [-0.15, -0.1) is 0 Å². The second-order valence-corrected chi connectivity index (χ2v) is 2.99. The van der Waals surface area contributed by atoms with Gasteiger partial charge in [0.2, 0.25) is 0 Å². The van der Waals surface area contributed by atoms with Crippen LogP contribution in [0.2, 0.25) is 0 Å². The average molecular weight is 193 g/mol. The van der Waals surface area contributed by atoms with Gasteiger partial charge in [0.25, 0.3) is 0 Å². The molecule has 0 aromatic heterocycles. The van der Waals surface area contributed by atoms with Crippen LogP contribution in [-0.2, 0) is 11.1 Å². The Morgan fingerprint density at radius 3 is 2.33 bits per heavy atom. The fraction of sp³-hybridized carbons (Fsp3) is 0. The summed E-state index contributed by atoms with van der Waals surface area (Å²) in [7, 11) is 0. The molecule has 66 valence electrons. The Hall–Kier alpha value is -1.01. The van der Waals surface area contributed by atoms with Crippen molar-refractivity contribution in [2.75, 3.05) is 5.73 Å². The molecule has 6 heteroatoms. The molecule has 1 aromatic carbocycles. The van der Waals surface area contributed by atoms with Crippen LogP contribution < -0.4 is 5.73 Å². The molecule has 0 fully saturated rings. The van der Waals surface area contributed by atoms with Crippen molar-refractivity contribution in [1.82, 2.24) is 0 Å². The van der Waals surface area contributed by atoms with Gasteiger partial charge in [-0.3, -0.25) is 0 Å². The zero-order valence-electron chi connectivity index (χ0n) is 5.75. The number of anilines is 1. The third-order valence-corrected chi connectivity index (χ3v) is 1.97. The summed E-state index contributed by atoms with van der Waals surface area (Å²) in [4.78, 5) is -0.325. The predicted molar refractivity (Wildman–Crippen MR) is 39.8 cm³/mol. The minimum atomic E-state index is -2.39. The van der Waals surface area contributed by atoms with Crippen LogP contribution in [-0.4, -0.2) is 8.76 Å². The summed E-state index contributed by atoms with van der Waals surface area (Å²) < 4.78 is 43.8. The van der Waals surface area contributed by atoms with Crippen LogP contribution in [0.15, 0.2) is 17.0 Å². The maximum Gasteiger partial charge on any atom is 0.188 e. The van der Waals surface area contributed by atoms with Crippen molar-refractivity contribution >= 4 is 16.8 Å². The fourth-order valence-electron chi connectivity index (χ4n) is 0.695. The summed E-state index contributed by atoms with van der Waals surface area (Å²) in [6.07, 6.45) is 0. The largest absolute Gasteiger partial charge is 0.398 e. The third-order valence-electron chi connectivity index (χ3n) is 1.24. The van der Waals surface area contributed by atoms with E-state index in [2.05, 4.69) is 0 Å². The van der Waals surface area contributed by atoms with Gasteiger partial charge < -0.3 is 10.3 Å². The molecule has 0 aliphatic rings. The van der Waals surface area contributed by atoms with Crippen molar-refractivity contribution in [2.45, 2.75) is 4.90 Å². The van der Waals surface area contributed by atoms with Crippen LogP contribution in [0.4, 0.5) is 14.5 Å². The Labute approximate surface area is 69.5 Å². The van der Waals surface area contributed by atoms with E-state index in [1.807, 2.05) is 0 Å². The van der Waals surface area contributed by atoms with Gasteiger partial charge in [0.15, 0.2) is 22.7 Å². The Kier molecular flexibility index (Phi) is 2.39. The standard InChI is InChI=1S/C6H5F2NO2S/c7-3-1-5(9)6(12(10)11)2-4(3)8/h1-2H,9H2,(H,10,11). The molecule has 0 heterocycles. The molecule has 0 spiro atoms. The molecule has 3 nitrogen and oxygen atoms in total. The van der Waals surface area contributed by atoms with Crippen molar-refractivity contribution in [1.29, 1.82) is 0 Å². The fourth-order valence-corrected chi connectivity index (χ4v) is 1.16. The summed E-state index contributed by atoms with van der Waals surface area (Å²) in [5.74, 6) is -2.33. The smallest absolute Gasteiger partial charge is 0.188 e. The first-order chi connectivity index (χ1) is 5.52. The van der Waals surface area contributed by atoms with E-state index in [9.17, 15) is 13.0 Å². The lowest BCUT2D eigenvalue weighted by Crippen LogP contribution is -1.99. The van der Waals surface area contributed by atoms with E-state index >= 15 is 0 Å². The topological polar surface area (TPSA) is 63.3 Å². The van der Waals surface area contributed by atoms with Gasteiger partial charge in [-0.2, -0.15) is 0 Å². The van der Waals surface area contributed by atoms with Gasteiger partial charge in [0.05, 0.1) is 10.6 Å². The molecule has 0 aliphatic heterocycles. The maximum atomic E-state index is 12.4. The summed E-state index contributed by atoms with van der Waals surface area (Å²) >= 11 is -2.39. The van der Waals surface area contributed by atoms with E-state index in [1.165, 1.54) is 0 Å². The first-order valence-electron chi connectivity index (χ1n) is 2.87. The molecule has 1 atom stereocenters. The quantitative estimate of drug-likeness (QED) is 0.519. The van der Waals surface area contributed by atoms with E-state index in [-0.39, 0.29) is 10.6 Å². The highest BCUT2D eigenvalue weighted by Crippen LogP contribution is 2.19. The number of nitrogens with two attached hydrogens (primary N) is 1. The van der Waals surface area contributed by atoms with Crippen LogP contribution in [0.25, 0.3) is 0 Å². The minimum Gasteiger partial charge on any atom is -0.398 e. The number of nitrogen functional groups attached to an aromatic ring is 1. The Balaban J connectivity index is 3.33. The summed E-state index contributed by atoms with van der Waals surface area (Å²) in [5.41, 5.74) is 4.89. The van der Waals surface area contributed by atoms with Gasteiger partial charge >= 0.3 is 0 Å². The number of rotatable bonds is 1. The molecule has 1 rings (SSSR count). The lowest BCUT2D eigenvalue weighted by atomic mass is 10.3. The predicted octanol–water partition coefficient (Wildman–Crippen LogP) is 1.13. The molecular weight excluding hydrogens is 188 g/mol. The lowest BCUT2D eigenvalue weighted by molar-refractivity contribution is 0.504. The van der Waals surface area contributed by atoms with E-state index in [1.54, 1.807) is 0 Å². The third kappa shape index (κ3) is 1.59. The summed E-state index contributed by atoms with van der Waals surface area (Å²) in [5, 5.41) is 0. The van der Waals surface area contributed by atoms with E-state index < -0.39 is 22.7 Å². The Morgan fingerprint density at radius 2 is 1.83 bits per heavy atom. The van der Waals surface area contributed by atoms with Crippen LogP contribution >= 0.6 is 0 Å². The van der Waals surface area contributed by atoms with Crippen molar-refractivity contribution < 1.29 is 17.5 Å². The first-order valence-corrected chi connectivity index (χ1v) is 3.98. The maximum absolute atomic E-state index is 12.4. The number of benzene rings is 1. The number of hydrogen-bond acceptors (Lipinski definition) is 2. The van der Waals surface area contributed by atoms with Crippen molar-refractivity contribution in [3.8, 4) is 0 Å². The van der Waals surface area contributed by atoms with Gasteiger partial charge in [-0.05, 0) is 6.07 Å². The van der Waals surface area contributed by atoms with Crippen molar-refractivity contribution in [3.63, 3.8) is 0 Å². The van der Waals surface area contributed by atoms with Crippen LogP contribution in [0.5, 0.6) is 0 Å². The molecule has 0 aliphatic carbocycles. The lowest BCUT2D eigenvalue weighted by Gasteiger charge is -2.00. The minimum absolute atomic E-state index is 0.241. The van der Waals surface area contributed by atoms with Gasteiger partial charge in [0.1, 0.15) is 0 Å². The van der Waals surface area contributed by atoms with Crippen molar-refractivity contribution in [2.24, 2.45) is 0 Å². The second kappa shape index (κ2) is 3.16. The Morgan fingerprint density at radius 1 is 1.33 bits per heavy atom. The van der Waals surface area contributed by atoms with E-state index in [0.29, 0.717) is 12.1 Å². The van der Waals surface area contributed by atoms with Crippen LogP contribution in [0, 0.1) is 11.6 Å². The summed E-state index contributed by atoms with van der Waals surface area (Å²) in [6.45, 7) is 0. The molecule has 0 bridgehead atoms. The molecule has 0 radical (unpaired) electrons. The number of hydrogen-bond donors (Lipinski definition) is 2. The number of halogens is 2. The summed E-state index contributed by atoms with van der Waals surface area (Å²) in [6, 6.07) is 1.26. The molecule has 0 saturated heterocycles. The highest BCUT2D eigenvalue weighted by molar-refractivity contribution is 7.79. The average Bonchev–Trinajstić information content (AvgIpc) is 1.96. The van der Waals surface area contributed by atoms with Gasteiger partial charge in [-0.25, -0.2) is 13.0 Å². The SMILES string of the molecule is Nc1cc(F)c(F)cc1S(=O)O. The molecule has 1 aromatic rings. The Bertz CT molecular complexity index is 343. The van der Waals surface area contributed by atoms with Crippen LogP contribution in [0.3, 0.4) is 0 Å². The molecule has 1 unspecified atom stereocenters. The van der Waals surface area contributed by atoms with Crippen LogP contribution in [0.1, 0.15) is 0 Å². The van der Waals surface area contributed by atoms with Gasteiger partial charge in [0, 0.05) is 6.07 Å². The van der Waals surface area contributed by atoms with E-state index in [0.717, 1.165) is 0 Å². The monoisotopic (exact) mass is 193 g/mol.